The molecule has 0 aliphatic carbocycles. The number of para-hydroxylation sites is 2. The fraction of sp³-hybridized carbons (Fsp3) is 0.111. The van der Waals surface area contributed by atoms with E-state index in [-0.39, 0.29) is 11.6 Å². The Kier molecular flexibility index (Phi) is 4.10. The summed E-state index contributed by atoms with van der Waals surface area (Å²) in [4.78, 5) is 28.4. The van der Waals surface area contributed by atoms with Crippen molar-refractivity contribution in [2.24, 2.45) is 0 Å². The molecular weight excluding hydrogens is 290 g/mol. The van der Waals surface area contributed by atoms with Gasteiger partial charge >= 0.3 is 6.03 Å². The van der Waals surface area contributed by atoms with Crippen LogP contribution in [0.4, 0.5) is 10.5 Å². The van der Waals surface area contributed by atoms with Gasteiger partial charge < -0.3 is 15.2 Å². The summed E-state index contributed by atoms with van der Waals surface area (Å²) in [5.74, 6) is 0. The average molecular weight is 307 g/mol. The second kappa shape index (κ2) is 6.36. The number of hydrogen-bond acceptors (Lipinski definition) is 2. The topological polar surface area (TPSA) is 65.2 Å². The molecule has 0 saturated carbocycles. The van der Waals surface area contributed by atoms with Crippen LogP contribution in [0.25, 0.3) is 10.9 Å². The number of fused-ring (bicyclic) bond motifs is 1. The molecule has 0 aliphatic heterocycles. The lowest BCUT2D eigenvalue weighted by Gasteiger charge is -2.19. The molecule has 2 aromatic carbocycles. The number of urea groups is 1. The number of hydrogen-bond donors (Lipinski definition) is 2. The highest BCUT2D eigenvalue weighted by atomic mass is 16.2. The summed E-state index contributed by atoms with van der Waals surface area (Å²) in [7, 11) is 1.70. The molecule has 0 bridgehead atoms. The molecule has 0 fully saturated rings. The maximum atomic E-state index is 12.3. The Morgan fingerprint density at radius 3 is 2.57 bits per heavy atom. The normalized spacial score (nSPS) is 10.5. The number of H-pyrrole nitrogens is 1. The highest BCUT2D eigenvalue weighted by Gasteiger charge is 2.12. The summed E-state index contributed by atoms with van der Waals surface area (Å²) in [5.41, 5.74) is 2.15. The molecule has 2 amide bonds. The van der Waals surface area contributed by atoms with E-state index in [4.69, 9.17) is 0 Å². The van der Waals surface area contributed by atoms with Gasteiger partial charge in [0, 0.05) is 36.2 Å². The van der Waals surface area contributed by atoms with Crippen LogP contribution in [0.15, 0.2) is 65.5 Å². The number of nitrogens with zero attached hydrogens (tertiary/aromatic N) is 1. The second-order valence-electron chi connectivity index (χ2n) is 5.36. The lowest BCUT2D eigenvalue weighted by atomic mass is 10.1. The first kappa shape index (κ1) is 14.8. The lowest BCUT2D eigenvalue weighted by Crippen LogP contribution is -2.31. The van der Waals surface area contributed by atoms with Gasteiger partial charge in [0.2, 0.25) is 5.56 Å². The monoisotopic (exact) mass is 307 g/mol. The highest BCUT2D eigenvalue weighted by Crippen LogP contribution is 2.16. The molecule has 1 heterocycles. The molecule has 3 rings (SSSR count). The third kappa shape index (κ3) is 3.40. The molecule has 2 N–H and O–H groups in total. The molecule has 0 atom stereocenters. The summed E-state index contributed by atoms with van der Waals surface area (Å²) in [5, 5.41) is 3.76. The molecule has 5 heteroatoms. The van der Waals surface area contributed by atoms with Gasteiger partial charge in [-0.3, -0.25) is 4.79 Å². The standard InChI is InChI=1S/C18H17N3O2/c1-21(18(23)19-14-7-3-2-4-8-14)12-13-11-17(22)20-16-10-6-5-9-15(13)16/h2-11H,12H2,1H3,(H,19,23)(H,20,22). The number of pyridine rings is 1. The molecular formula is C18H17N3O2. The summed E-state index contributed by atoms with van der Waals surface area (Å²) in [6.07, 6.45) is 0. The Balaban J connectivity index is 1.81. The van der Waals surface area contributed by atoms with Gasteiger partial charge in [0.25, 0.3) is 0 Å². The van der Waals surface area contributed by atoms with Crippen LogP contribution in [-0.2, 0) is 6.54 Å². The van der Waals surface area contributed by atoms with Crippen LogP contribution in [0.1, 0.15) is 5.56 Å². The van der Waals surface area contributed by atoms with E-state index < -0.39 is 0 Å². The van der Waals surface area contributed by atoms with E-state index in [1.165, 1.54) is 6.07 Å². The number of benzene rings is 2. The van der Waals surface area contributed by atoms with Crippen molar-refractivity contribution in [2.75, 3.05) is 12.4 Å². The Morgan fingerprint density at radius 1 is 1.09 bits per heavy atom. The van der Waals surface area contributed by atoms with Gasteiger partial charge in [0.1, 0.15) is 0 Å². The fourth-order valence-corrected chi connectivity index (χ4v) is 2.48. The molecule has 23 heavy (non-hydrogen) atoms. The number of rotatable bonds is 3. The van der Waals surface area contributed by atoms with Gasteiger partial charge in [-0.15, -0.1) is 0 Å². The van der Waals surface area contributed by atoms with E-state index in [1.807, 2.05) is 54.6 Å². The van der Waals surface area contributed by atoms with Gasteiger partial charge in [0.15, 0.2) is 0 Å². The first-order chi connectivity index (χ1) is 11.1. The maximum absolute atomic E-state index is 12.3. The number of nitrogens with one attached hydrogen (secondary N) is 2. The van der Waals surface area contributed by atoms with Crippen molar-refractivity contribution in [3.63, 3.8) is 0 Å². The lowest BCUT2D eigenvalue weighted by molar-refractivity contribution is 0.221. The van der Waals surface area contributed by atoms with Gasteiger partial charge in [-0.1, -0.05) is 36.4 Å². The van der Waals surface area contributed by atoms with Crippen LogP contribution < -0.4 is 10.9 Å². The van der Waals surface area contributed by atoms with Crippen molar-refractivity contribution in [2.45, 2.75) is 6.54 Å². The molecule has 0 unspecified atom stereocenters. The molecule has 5 nitrogen and oxygen atoms in total. The third-order valence-corrected chi connectivity index (χ3v) is 3.62. The van der Waals surface area contributed by atoms with E-state index >= 15 is 0 Å². The molecule has 0 aliphatic rings. The number of carbonyl (C=O) groups is 1. The van der Waals surface area contributed by atoms with E-state index in [1.54, 1.807) is 11.9 Å². The van der Waals surface area contributed by atoms with Crippen LogP contribution in [0.5, 0.6) is 0 Å². The first-order valence-electron chi connectivity index (χ1n) is 7.31. The summed E-state index contributed by atoms with van der Waals surface area (Å²) >= 11 is 0. The number of aromatic amines is 1. The van der Waals surface area contributed by atoms with Crippen LogP contribution in [-0.4, -0.2) is 23.0 Å². The number of aromatic nitrogens is 1. The van der Waals surface area contributed by atoms with E-state index in [0.29, 0.717) is 6.54 Å². The number of anilines is 1. The van der Waals surface area contributed by atoms with Crippen molar-refractivity contribution in [3.8, 4) is 0 Å². The quantitative estimate of drug-likeness (QED) is 0.780. The summed E-state index contributed by atoms with van der Waals surface area (Å²) in [6.45, 7) is 0.350. The Labute approximate surface area is 133 Å². The first-order valence-corrected chi connectivity index (χ1v) is 7.31. The van der Waals surface area contributed by atoms with Crippen molar-refractivity contribution in [1.82, 2.24) is 9.88 Å². The third-order valence-electron chi connectivity index (χ3n) is 3.62. The van der Waals surface area contributed by atoms with Gasteiger partial charge in [-0.05, 0) is 23.8 Å². The van der Waals surface area contributed by atoms with Crippen molar-refractivity contribution >= 4 is 22.6 Å². The summed E-state index contributed by atoms with van der Waals surface area (Å²) in [6, 6.07) is 18.1. The van der Waals surface area contributed by atoms with Gasteiger partial charge in [-0.25, -0.2) is 4.79 Å². The second-order valence-corrected chi connectivity index (χ2v) is 5.36. The van der Waals surface area contributed by atoms with E-state index in [2.05, 4.69) is 10.3 Å². The van der Waals surface area contributed by atoms with Gasteiger partial charge in [-0.2, -0.15) is 0 Å². The highest BCUT2D eigenvalue weighted by molar-refractivity contribution is 5.89. The Morgan fingerprint density at radius 2 is 1.78 bits per heavy atom. The smallest absolute Gasteiger partial charge is 0.321 e. The maximum Gasteiger partial charge on any atom is 0.321 e. The van der Waals surface area contributed by atoms with E-state index in [9.17, 15) is 9.59 Å². The molecule has 1 aromatic heterocycles. The SMILES string of the molecule is CN(Cc1cc(=O)[nH]c2ccccc12)C(=O)Nc1ccccc1. The van der Waals surface area contributed by atoms with Crippen LogP contribution in [0, 0.1) is 0 Å². The predicted octanol–water partition coefficient (Wildman–Crippen LogP) is 3.19. The average Bonchev–Trinajstić information content (AvgIpc) is 2.55. The van der Waals surface area contributed by atoms with Gasteiger partial charge in [0.05, 0.1) is 0 Å². The van der Waals surface area contributed by atoms with Crippen LogP contribution in [0.3, 0.4) is 0 Å². The zero-order chi connectivity index (χ0) is 16.2. The molecule has 0 spiro atoms. The number of amides is 2. The van der Waals surface area contributed by atoms with Crippen molar-refractivity contribution in [3.05, 3.63) is 76.6 Å². The van der Waals surface area contributed by atoms with Crippen LogP contribution >= 0.6 is 0 Å². The summed E-state index contributed by atoms with van der Waals surface area (Å²) < 4.78 is 0. The number of carbonyl (C=O) groups excluding carboxylic acids is 1. The molecule has 0 radical (unpaired) electrons. The molecule has 116 valence electrons. The molecule has 0 saturated heterocycles. The minimum absolute atomic E-state index is 0.171. The fourth-order valence-electron chi connectivity index (χ4n) is 2.48. The van der Waals surface area contributed by atoms with E-state index in [0.717, 1.165) is 22.2 Å². The zero-order valence-electron chi connectivity index (χ0n) is 12.7. The van der Waals surface area contributed by atoms with Crippen LogP contribution in [0.2, 0.25) is 0 Å². The minimum atomic E-state index is -0.222. The van der Waals surface area contributed by atoms with Crippen molar-refractivity contribution < 1.29 is 4.79 Å². The van der Waals surface area contributed by atoms with Crippen molar-refractivity contribution in [1.29, 1.82) is 0 Å². The molecule has 3 aromatic rings. The Bertz CT molecular complexity index is 887. The zero-order valence-corrected chi connectivity index (χ0v) is 12.7. The largest absolute Gasteiger partial charge is 0.323 e. The Hall–Kier alpha value is -3.08. The predicted molar refractivity (Wildman–Crippen MR) is 91.5 cm³/mol. The minimum Gasteiger partial charge on any atom is -0.323 e.